The van der Waals surface area contributed by atoms with Crippen LogP contribution in [0.25, 0.3) is 0 Å². The van der Waals surface area contributed by atoms with E-state index < -0.39 is 0 Å². The van der Waals surface area contributed by atoms with Crippen LogP contribution in [0.5, 0.6) is 0 Å². The average Bonchev–Trinajstić information content (AvgIpc) is 3.04. The maximum Gasteiger partial charge on any atom is 0.0411 e. The Morgan fingerprint density at radius 2 is 1.81 bits per heavy atom. The van der Waals surface area contributed by atoms with Gasteiger partial charge in [0.2, 0.25) is 0 Å². The fraction of sp³-hybridized carbons (Fsp3) is 0.684. The Labute approximate surface area is 130 Å². The van der Waals surface area contributed by atoms with Crippen LogP contribution in [0.2, 0.25) is 0 Å². The second kappa shape index (κ2) is 9.09. The van der Waals surface area contributed by atoms with Crippen LogP contribution in [0.4, 0.5) is 5.69 Å². The van der Waals surface area contributed by atoms with Gasteiger partial charge in [-0.15, -0.1) is 0 Å². The highest BCUT2D eigenvalue weighted by molar-refractivity contribution is 5.54. The molecule has 0 aliphatic carbocycles. The van der Waals surface area contributed by atoms with Gasteiger partial charge in [-0.25, -0.2) is 0 Å². The predicted molar refractivity (Wildman–Crippen MR) is 92.9 cm³/mol. The lowest BCUT2D eigenvalue weighted by Crippen LogP contribution is -2.29. The SMILES string of the molecule is CCCCC(CCC)NCc1ccccc1N1CCCC1. The van der Waals surface area contributed by atoms with Crippen molar-refractivity contribution in [2.75, 3.05) is 18.0 Å². The molecule has 0 aromatic heterocycles. The van der Waals surface area contributed by atoms with Gasteiger partial charge in [-0.05, 0) is 37.3 Å². The van der Waals surface area contributed by atoms with Gasteiger partial charge in [-0.3, -0.25) is 0 Å². The molecule has 2 nitrogen and oxygen atoms in total. The van der Waals surface area contributed by atoms with Crippen LogP contribution in [0.3, 0.4) is 0 Å². The number of nitrogens with zero attached hydrogens (tertiary/aromatic N) is 1. The molecule has 0 radical (unpaired) electrons. The van der Waals surface area contributed by atoms with E-state index in [1.54, 1.807) is 0 Å². The summed E-state index contributed by atoms with van der Waals surface area (Å²) >= 11 is 0. The van der Waals surface area contributed by atoms with E-state index in [0.717, 1.165) is 6.54 Å². The maximum absolute atomic E-state index is 3.81. The van der Waals surface area contributed by atoms with Crippen LogP contribution in [-0.2, 0) is 6.54 Å². The summed E-state index contributed by atoms with van der Waals surface area (Å²) in [5, 5.41) is 3.81. The summed E-state index contributed by atoms with van der Waals surface area (Å²) in [6.07, 6.45) is 9.21. The molecule has 1 unspecified atom stereocenters. The van der Waals surface area contributed by atoms with Crippen molar-refractivity contribution in [2.45, 2.75) is 71.4 Å². The molecule has 1 aromatic rings. The number of benzene rings is 1. The molecule has 1 N–H and O–H groups in total. The molecule has 0 bridgehead atoms. The predicted octanol–water partition coefficient (Wildman–Crippen LogP) is 4.74. The first-order chi connectivity index (χ1) is 10.3. The first-order valence-electron chi connectivity index (χ1n) is 8.91. The van der Waals surface area contributed by atoms with Crippen molar-refractivity contribution in [1.82, 2.24) is 5.32 Å². The molecule has 0 spiro atoms. The second-order valence-corrected chi connectivity index (χ2v) is 6.33. The number of rotatable bonds is 9. The van der Waals surface area contributed by atoms with E-state index in [1.165, 1.54) is 69.3 Å². The summed E-state index contributed by atoms with van der Waals surface area (Å²) in [7, 11) is 0. The van der Waals surface area contributed by atoms with Crippen LogP contribution >= 0.6 is 0 Å². The van der Waals surface area contributed by atoms with Crippen LogP contribution < -0.4 is 10.2 Å². The Kier molecular flexibility index (Phi) is 7.08. The third-order valence-corrected chi connectivity index (χ3v) is 4.56. The quantitative estimate of drug-likeness (QED) is 0.706. The molecule has 21 heavy (non-hydrogen) atoms. The molecule has 1 aromatic carbocycles. The van der Waals surface area contributed by atoms with Crippen LogP contribution in [-0.4, -0.2) is 19.1 Å². The molecule has 1 atom stereocenters. The van der Waals surface area contributed by atoms with Crippen molar-refractivity contribution < 1.29 is 0 Å². The van der Waals surface area contributed by atoms with Crippen molar-refractivity contribution >= 4 is 5.69 Å². The molecule has 1 fully saturated rings. The number of anilines is 1. The Morgan fingerprint density at radius 3 is 2.52 bits per heavy atom. The summed E-state index contributed by atoms with van der Waals surface area (Å²) in [5.41, 5.74) is 2.92. The third kappa shape index (κ3) is 5.03. The van der Waals surface area contributed by atoms with E-state index in [9.17, 15) is 0 Å². The minimum absolute atomic E-state index is 0.682. The zero-order chi connectivity index (χ0) is 14.9. The van der Waals surface area contributed by atoms with Gasteiger partial charge in [-0.1, -0.05) is 51.3 Å². The van der Waals surface area contributed by atoms with Crippen molar-refractivity contribution in [1.29, 1.82) is 0 Å². The number of hydrogen-bond donors (Lipinski definition) is 1. The summed E-state index contributed by atoms with van der Waals surface area (Å²) in [6.45, 7) is 8.04. The van der Waals surface area contributed by atoms with Crippen LogP contribution in [0.1, 0.15) is 64.4 Å². The Bertz CT molecular complexity index is 396. The Hall–Kier alpha value is -1.02. The zero-order valence-electron chi connectivity index (χ0n) is 13.9. The molecule has 1 aliphatic rings. The van der Waals surface area contributed by atoms with Crippen molar-refractivity contribution in [3.05, 3.63) is 29.8 Å². The van der Waals surface area contributed by atoms with Crippen LogP contribution in [0.15, 0.2) is 24.3 Å². The topological polar surface area (TPSA) is 15.3 Å². The normalized spacial score (nSPS) is 16.4. The lowest BCUT2D eigenvalue weighted by molar-refractivity contribution is 0.434. The fourth-order valence-electron chi connectivity index (χ4n) is 3.33. The van der Waals surface area contributed by atoms with Crippen LogP contribution in [0, 0.1) is 0 Å². The molecule has 0 amide bonds. The summed E-state index contributed by atoms with van der Waals surface area (Å²) in [4.78, 5) is 2.55. The average molecular weight is 288 g/mol. The molecule has 1 heterocycles. The van der Waals surface area contributed by atoms with Crippen molar-refractivity contribution in [3.8, 4) is 0 Å². The monoisotopic (exact) mass is 288 g/mol. The maximum atomic E-state index is 3.81. The highest BCUT2D eigenvalue weighted by Crippen LogP contribution is 2.24. The zero-order valence-corrected chi connectivity index (χ0v) is 13.9. The highest BCUT2D eigenvalue weighted by Gasteiger charge is 2.15. The van der Waals surface area contributed by atoms with Gasteiger partial charge >= 0.3 is 0 Å². The van der Waals surface area contributed by atoms with Gasteiger partial charge in [0, 0.05) is 31.4 Å². The molecule has 2 rings (SSSR count). The third-order valence-electron chi connectivity index (χ3n) is 4.56. The number of hydrogen-bond acceptors (Lipinski definition) is 2. The standard InChI is InChI=1S/C19H32N2/c1-3-5-12-18(10-4-2)20-16-17-11-6-7-13-19(17)21-14-8-9-15-21/h6-7,11,13,18,20H,3-5,8-10,12,14-16H2,1-2H3. The summed E-state index contributed by atoms with van der Waals surface area (Å²) in [6, 6.07) is 9.63. The number of para-hydroxylation sites is 1. The van der Waals surface area contributed by atoms with E-state index in [4.69, 9.17) is 0 Å². The molecule has 0 saturated carbocycles. The van der Waals surface area contributed by atoms with Crippen molar-refractivity contribution in [2.24, 2.45) is 0 Å². The smallest absolute Gasteiger partial charge is 0.0411 e. The van der Waals surface area contributed by atoms with E-state index in [-0.39, 0.29) is 0 Å². The summed E-state index contributed by atoms with van der Waals surface area (Å²) in [5.74, 6) is 0. The van der Waals surface area contributed by atoms with Crippen molar-refractivity contribution in [3.63, 3.8) is 0 Å². The lowest BCUT2D eigenvalue weighted by atomic mass is 10.0. The molecule has 118 valence electrons. The number of unbranched alkanes of at least 4 members (excludes halogenated alkanes) is 1. The first-order valence-corrected chi connectivity index (χ1v) is 8.91. The van der Waals surface area contributed by atoms with Gasteiger partial charge in [0.05, 0.1) is 0 Å². The van der Waals surface area contributed by atoms with Gasteiger partial charge in [0.1, 0.15) is 0 Å². The van der Waals surface area contributed by atoms with Gasteiger partial charge < -0.3 is 10.2 Å². The van der Waals surface area contributed by atoms with Gasteiger partial charge in [0.25, 0.3) is 0 Å². The Balaban J connectivity index is 1.94. The number of nitrogens with one attached hydrogen (secondary N) is 1. The van der Waals surface area contributed by atoms with Gasteiger partial charge in [0.15, 0.2) is 0 Å². The molecular weight excluding hydrogens is 256 g/mol. The molecule has 2 heteroatoms. The second-order valence-electron chi connectivity index (χ2n) is 6.33. The van der Waals surface area contributed by atoms with E-state index in [2.05, 4.69) is 48.3 Å². The lowest BCUT2D eigenvalue weighted by Gasteiger charge is -2.23. The minimum Gasteiger partial charge on any atom is -0.371 e. The van der Waals surface area contributed by atoms with E-state index >= 15 is 0 Å². The largest absolute Gasteiger partial charge is 0.371 e. The first kappa shape index (κ1) is 16.4. The van der Waals surface area contributed by atoms with Gasteiger partial charge in [-0.2, -0.15) is 0 Å². The fourth-order valence-corrected chi connectivity index (χ4v) is 3.33. The molecule has 1 aliphatic heterocycles. The molecular formula is C19H32N2. The summed E-state index contributed by atoms with van der Waals surface area (Å²) < 4.78 is 0. The highest BCUT2D eigenvalue weighted by atomic mass is 15.1. The van der Waals surface area contributed by atoms with E-state index in [1.807, 2.05) is 0 Å². The minimum atomic E-state index is 0.682. The Morgan fingerprint density at radius 1 is 1.05 bits per heavy atom. The molecule has 1 saturated heterocycles. The van der Waals surface area contributed by atoms with E-state index in [0.29, 0.717) is 6.04 Å².